The smallest absolute Gasteiger partial charge is 0.389 e. The van der Waals surface area contributed by atoms with Crippen LogP contribution in [0.3, 0.4) is 0 Å². The molecule has 0 radical (unpaired) electrons. The molecule has 9 nitrogen and oxygen atoms in total. The minimum Gasteiger partial charge on any atom is -0.389 e. The quantitative estimate of drug-likeness (QED) is 0.569. The van der Waals surface area contributed by atoms with Crippen molar-refractivity contribution < 1.29 is 23.1 Å². The van der Waals surface area contributed by atoms with E-state index >= 15 is 0 Å². The number of nitrogens with zero attached hydrogens (tertiary/aromatic N) is 6. The minimum absolute atomic E-state index is 0.00605. The van der Waals surface area contributed by atoms with Crippen molar-refractivity contribution in [3.63, 3.8) is 0 Å². The molecule has 2 aliphatic rings. The number of hydrogen-bond acceptors (Lipinski definition) is 8. The van der Waals surface area contributed by atoms with Crippen molar-refractivity contribution in [1.29, 1.82) is 0 Å². The maximum absolute atomic E-state index is 12.9. The first-order chi connectivity index (χ1) is 17.1. The zero-order valence-electron chi connectivity index (χ0n) is 22.0. The molecular weight excluding hydrogens is 487 g/mol. The van der Waals surface area contributed by atoms with Gasteiger partial charge in [-0.15, -0.1) is 0 Å². The lowest BCUT2D eigenvalue weighted by molar-refractivity contribution is -0.141. The molecule has 4 rings (SSSR count). The maximum Gasteiger partial charge on any atom is 0.434 e. The summed E-state index contributed by atoms with van der Waals surface area (Å²) in [5, 5.41) is 13.4. The molecule has 2 N–H and O–H groups in total. The van der Waals surface area contributed by atoms with Crippen LogP contribution in [0.15, 0.2) is 12.4 Å². The van der Waals surface area contributed by atoms with E-state index in [-0.39, 0.29) is 36.4 Å². The van der Waals surface area contributed by atoms with Crippen LogP contribution in [0.1, 0.15) is 57.7 Å². The van der Waals surface area contributed by atoms with E-state index in [0.717, 1.165) is 25.2 Å². The molecule has 202 valence electrons. The molecule has 0 unspecified atom stereocenters. The normalized spacial score (nSPS) is 22.0. The number of hydrogen-bond donors (Lipinski definition) is 2. The summed E-state index contributed by atoms with van der Waals surface area (Å²) >= 11 is 0. The molecule has 0 saturated heterocycles. The molecule has 0 spiro atoms. The molecule has 2 aromatic heterocycles. The van der Waals surface area contributed by atoms with Gasteiger partial charge in [-0.2, -0.15) is 13.2 Å². The van der Waals surface area contributed by atoms with Crippen LogP contribution in [0.25, 0.3) is 0 Å². The molecule has 3 heterocycles. The van der Waals surface area contributed by atoms with Crippen molar-refractivity contribution in [3.8, 4) is 0 Å². The lowest BCUT2D eigenvalue weighted by atomic mass is 9.76. The average molecular weight is 522 g/mol. The van der Waals surface area contributed by atoms with Crippen molar-refractivity contribution in [1.82, 2.24) is 19.9 Å². The number of nitrogens with one attached hydrogen (secondary N) is 1. The van der Waals surface area contributed by atoms with E-state index in [4.69, 9.17) is 4.98 Å². The number of halogens is 3. The van der Waals surface area contributed by atoms with Crippen molar-refractivity contribution in [2.75, 3.05) is 28.7 Å². The Kier molecular flexibility index (Phi) is 7.08. The van der Waals surface area contributed by atoms with Gasteiger partial charge < -0.3 is 20.2 Å². The summed E-state index contributed by atoms with van der Waals surface area (Å²) < 4.78 is 38.8. The molecule has 1 saturated carbocycles. The second kappa shape index (κ2) is 9.70. The Hall–Kier alpha value is -3.02. The van der Waals surface area contributed by atoms with Crippen LogP contribution in [-0.2, 0) is 17.4 Å². The molecule has 1 amide bonds. The predicted molar refractivity (Wildman–Crippen MR) is 133 cm³/mol. The number of aryl methyl sites for hydroxylation is 1. The highest BCUT2D eigenvalue weighted by molar-refractivity contribution is 6.03. The Morgan fingerprint density at radius 2 is 1.86 bits per heavy atom. The number of alkyl halides is 3. The third-order valence-corrected chi connectivity index (χ3v) is 6.92. The van der Waals surface area contributed by atoms with E-state index in [1.807, 2.05) is 37.6 Å². The van der Waals surface area contributed by atoms with Crippen LogP contribution < -0.4 is 15.1 Å². The van der Waals surface area contributed by atoms with Gasteiger partial charge in [-0.05, 0) is 45.4 Å². The third kappa shape index (κ3) is 5.78. The molecule has 0 aromatic carbocycles. The van der Waals surface area contributed by atoms with Gasteiger partial charge in [-0.3, -0.25) is 4.79 Å². The zero-order valence-corrected chi connectivity index (χ0v) is 22.0. The largest absolute Gasteiger partial charge is 0.434 e. The molecule has 1 fully saturated rings. The van der Waals surface area contributed by atoms with Gasteiger partial charge in [0.15, 0.2) is 11.5 Å². The fourth-order valence-corrected chi connectivity index (χ4v) is 5.17. The number of carbonyl (C=O) groups is 1. The Labute approximate surface area is 214 Å². The number of aliphatic hydroxyl groups is 1. The first kappa shape index (κ1) is 27.0. The molecule has 12 heteroatoms. The predicted octanol–water partition coefficient (Wildman–Crippen LogP) is 3.61. The molecule has 0 bridgehead atoms. The van der Waals surface area contributed by atoms with Gasteiger partial charge >= 0.3 is 6.18 Å². The maximum atomic E-state index is 12.9. The van der Waals surface area contributed by atoms with E-state index in [1.165, 1.54) is 0 Å². The summed E-state index contributed by atoms with van der Waals surface area (Å²) in [5.41, 5.74) is -0.776. The molecule has 1 aliphatic heterocycles. The highest BCUT2D eigenvalue weighted by Gasteiger charge is 2.39. The topological polar surface area (TPSA) is 107 Å². The Morgan fingerprint density at radius 1 is 1.19 bits per heavy atom. The molecule has 37 heavy (non-hydrogen) atoms. The summed E-state index contributed by atoms with van der Waals surface area (Å²) in [7, 11) is 1.87. The Morgan fingerprint density at radius 3 is 2.41 bits per heavy atom. The molecular formula is C25H34F3N7O2. The number of fused-ring (bicyclic) bond motifs is 1. The minimum atomic E-state index is -4.56. The number of carbonyl (C=O) groups excluding carboxylic acids is 1. The lowest BCUT2D eigenvalue weighted by Gasteiger charge is -2.45. The van der Waals surface area contributed by atoms with Crippen LogP contribution in [0.2, 0.25) is 0 Å². The zero-order chi connectivity index (χ0) is 27.3. The molecule has 2 aromatic rings. The SMILES string of the molecule is Cc1nc(CC2CC(N(CC(C)(C)O)c3cnc(C(F)(F)F)cn3)C2)nc2c1NC(=O)[C@H](C(C)C)N2C. The monoisotopic (exact) mass is 521 g/mol. The van der Waals surface area contributed by atoms with E-state index in [1.54, 1.807) is 13.8 Å². The number of amides is 1. The summed E-state index contributed by atoms with van der Waals surface area (Å²) in [4.78, 5) is 33.3. The van der Waals surface area contributed by atoms with E-state index < -0.39 is 17.5 Å². The van der Waals surface area contributed by atoms with Crippen LogP contribution in [0, 0.1) is 18.8 Å². The van der Waals surface area contributed by atoms with Crippen molar-refractivity contribution in [3.05, 3.63) is 29.6 Å². The van der Waals surface area contributed by atoms with Crippen LogP contribution in [0.4, 0.5) is 30.5 Å². The first-order valence-corrected chi connectivity index (χ1v) is 12.4. The van der Waals surface area contributed by atoms with Gasteiger partial charge in [0.05, 0.1) is 23.7 Å². The number of likely N-dealkylation sites (N-methyl/N-ethyl adjacent to an activating group) is 1. The van der Waals surface area contributed by atoms with Gasteiger partial charge in [-0.25, -0.2) is 19.9 Å². The highest BCUT2D eigenvalue weighted by Crippen LogP contribution is 2.39. The first-order valence-electron chi connectivity index (χ1n) is 12.4. The van der Waals surface area contributed by atoms with Crippen molar-refractivity contribution >= 4 is 23.2 Å². The lowest BCUT2D eigenvalue weighted by Crippen LogP contribution is -2.51. The fraction of sp³-hybridized carbons (Fsp3) is 0.640. The Balaban J connectivity index is 1.48. The number of rotatable bonds is 7. The average Bonchev–Trinajstić information content (AvgIpc) is 2.74. The second-order valence-electron chi connectivity index (χ2n) is 11.1. The standard InChI is InChI=1S/C25H34F3N7O2/c1-13(2)21-23(36)33-20-14(3)31-18(32-22(20)34(21)6)9-15-7-16(8-15)35(12-24(4,5)37)19-11-29-17(10-30-19)25(26,27)28/h10-11,13,15-16,21,37H,7-9,12H2,1-6H3,(H,33,36)/t15?,16?,21-/m0/s1. The summed E-state index contributed by atoms with van der Waals surface area (Å²) in [6, 6.07) is -0.323. The van der Waals surface area contributed by atoms with Crippen molar-refractivity contribution in [2.24, 2.45) is 11.8 Å². The van der Waals surface area contributed by atoms with Crippen LogP contribution in [0.5, 0.6) is 0 Å². The van der Waals surface area contributed by atoms with Crippen LogP contribution >= 0.6 is 0 Å². The van der Waals surface area contributed by atoms with Gasteiger partial charge in [0.1, 0.15) is 23.4 Å². The summed E-state index contributed by atoms with van der Waals surface area (Å²) in [6.45, 7) is 9.35. The third-order valence-electron chi connectivity index (χ3n) is 6.92. The number of aromatic nitrogens is 4. The summed E-state index contributed by atoms with van der Waals surface area (Å²) in [5.74, 6) is 2.01. The van der Waals surface area contributed by atoms with Gasteiger partial charge in [-0.1, -0.05) is 13.8 Å². The number of anilines is 3. The fourth-order valence-electron chi connectivity index (χ4n) is 5.17. The summed E-state index contributed by atoms with van der Waals surface area (Å²) in [6.07, 6.45) is -0.584. The van der Waals surface area contributed by atoms with E-state index in [9.17, 15) is 23.1 Å². The van der Waals surface area contributed by atoms with Gasteiger partial charge in [0, 0.05) is 26.1 Å². The Bertz CT molecular complexity index is 1140. The van der Waals surface area contributed by atoms with E-state index in [0.29, 0.717) is 35.3 Å². The van der Waals surface area contributed by atoms with Crippen molar-refractivity contribution in [2.45, 2.75) is 77.7 Å². The molecule has 1 atom stereocenters. The van der Waals surface area contributed by atoms with Gasteiger partial charge in [0.2, 0.25) is 5.91 Å². The van der Waals surface area contributed by atoms with E-state index in [2.05, 4.69) is 20.3 Å². The van der Waals surface area contributed by atoms with Gasteiger partial charge in [0.25, 0.3) is 0 Å². The highest BCUT2D eigenvalue weighted by atomic mass is 19.4. The van der Waals surface area contributed by atoms with Crippen LogP contribution in [-0.4, -0.2) is 62.2 Å². The second-order valence-corrected chi connectivity index (χ2v) is 11.1. The molecule has 1 aliphatic carbocycles.